The Kier molecular flexibility index (Phi) is 13.6. The van der Waals surface area contributed by atoms with E-state index < -0.39 is 17.7 Å². The van der Waals surface area contributed by atoms with Crippen LogP contribution >= 0.6 is 22.6 Å². The van der Waals surface area contributed by atoms with Crippen molar-refractivity contribution in [1.29, 1.82) is 0 Å². The van der Waals surface area contributed by atoms with E-state index in [2.05, 4.69) is 29.2 Å². The van der Waals surface area contributed by atoms with Gasteiger partial charge in [0.2, 0.25) is 0 Å². The van der Waals surface area contributed by atoms with Crippen molar-refractivity contribution in [2.45, 2.75) is 40.2 Å². The standard InChI is InChI=1S/C21H32INO5/c1-7-10-18(22)11-9-13-26-14-12-23(20(25)28-21(4,5)6)16-17(3)15-19(24)27-8-2/h7,9-11,15H,1,8,12-14,16H2,2-6H3/b11-9-,17-15+,18-10+. The predicted octanol–water partition coefficient (Wildman–Crippen LogP) is 4.81. The zero-order valence-corrected chi connectivity index (χ0v) is 19.7. The van der Waals surface area contributed by atoms with Crippen LogP contribution in [-0.4, -0.2) is 55.5 Å². The molecule has 0 aromatic heterocycles. The van der Waals surface area contributed by atoms with Gasteiger partial charge in [0, 0.05) is 22.7 Å². The SMILES string of the molecule is C=C/C=C(I)\C=C/COCCN(C/C(C)=C/C(=O)OCC)C(=O)OC(C)(C)C. The number of hydrogen-bond donors (Lipinski definition) is 0. The molecule has 0 aromatic rings. The number of carbonyl (C=O) groups is 2. The fourth-order valence-electron chi connectivity index (χ4n) is 1.95. The summed E-state index contributed by atoms with van der Waals surface area (Å²) in [5, 5.41) is 0. The van der Waals surface area contributed by atoms with Crippen LogP contribution in [0.4, 0.5) is 4.79 Å². The number of carbonyl (C=O) groups excluding carboxylic acids is 2. The molecule has 0 radical (unpaired) electrons. The van der Waals surface area contributed by atoms with Crippen LogP contribution in [0, 0.1) is 0 Å². The van der Waals surface area contributed by atoms with E-state index in [0.717, 1.165) is 3.58 Å². The summed E-state index contributed by atoms with van der Waals surface area (Å²) >= 11 is 2.20. The molecule has 7 heteroatoms. The van der Waals surface area contributed by atoms with Crippen molar-refractivity contribution in [3.63, 3.8) is 0 Å². The maximum Gasteiger partial charge on any atom is 0.410 e. The van der Waals surface area contributed by atoms with Crippen molar-refractivity contribution in [3.05, 3.63) is 46.1 Å². The quantitative estimate of drug-likeness (QED) is 0.133. The minimum atomic E-state index is -0.605. The first-order chi connectivity index (χ1) is 13.1. The predicted molar refractivity (Wildman–Crippen MR) is 120 cm³/mol. The number of rotatable bonds is 11. The van der Waals surface area contributed by atoms with Gasteiger partial charge >= 0.3 is 12.1 Å². The third-order valence-corrected chi connectivity index (χ3v) is 3.74. The summed E-state index contributed by atoms with van der Waals surface area (Å²) in [4.78, 5) is 25.6. The third-order valence-electron chi connectivity index (χ3n) is 3.02. The van der Waals surface area contributed by atoms with E-state index in [1.54, 1.807) is 19.9 Å². The van der Waals surface area contributed by atoms with Crippen LogP contribution in [0.2, 0.25) is 0 Å². The number of allylic oxidation sites excluding steroid dienone is 4. The molecular weight excluding hydrogens is 473 g/mol. The molecule has 1 amide bonds. The van der Waals surface area contributed by atoms with Gasteiger partial charge in [-0.1, -0.05) is 24.8 Å². The number of amides is 1. The van der Waals surface area contributed by atoms with Crippen molar-refractivity contribution < 1.29 is 23.8 Å². The smallest absolute Gasteiger partial charge is 0.410 e. The van der Waals surface area contributed by atoms with E-state index in [-0.39, 0.29) is 6.54 Å². The van der Waals surface area contributed by atoms with E-state index in [1.807, 2.05) is 39.0 Å². The van der Waals surface area contributed by atoms with Gasteiger partial charge in [-0.2, -0.15) is 0 Å². The first kappa shape index (κ1) is 26.4. The summed E-state index contributed by atoms with van der Waals surface area (Å²) in [5.74, 6) is -0.423. The molecule has 6 nitrogen and oxygen atoms in total. The molecule has 0 heterocycles. The third kappa shape index (κ3) is 14.4. The summed E-state index contributed by atoms with van der Waals surface area (Å²) < 4.78 is 17.0. The Morgan fingerprint density at radius 3 is 2.50 bits per heavy atom. The Bertz CT molecular complexity index is 602. The molecule has 0 bridgehead atoms. The molecule has 0 saturated carbocycles. The van der Waals surface area contributed by atoms with Gasteiger partial charge in [-0.25, -0.2) is 9.59 Å². The molecular formula is C21H32INO5. The lowest BCUT2D eigenvalue weighted by Gasteiger charge is -2.27. The van der Waals surface area contributed by atoms with E-state index >= 15 is 0 Å². The van der Waals surface area contributed by atoms with Gasteiger partial charge in [0.05, 0.1) is 19.8 Å². The molecule has 0 aliphatic heterocycles. The molecule has 0 aromatic carbocycles. The Morgan fingerprint density at radius 1 is 1.25 bits per heavy atom. The minimum absolute atomic E-state index is 0.257. The normalized spacial score (nSPS) is 12.8. The van der Waals surface area contributed by atoms with E-state index in [1.165, 1.54) is 11.0 Å². The Morgan fingerprint density at radius 2 is 1.93 bits per heavy atom. The van der Waals surface area contributed by atoms with Crippen LogP contribution in [0.3, 0.4) is 0 Å². The summed E-state index contributed by atoms with van der Waals surface area (Å²) in [7, 11) is 0. The average Bonchev–Trinajstić information content (AvgIpc) is 2.55. The second-order valence-electron chi connectivity index (χ2n) is 6.91. The van der Waals surface area contributed by atoms with E-state index in [9.17, 15) is 9.59 Å². The fourth-order valence-corrected chi connectivity index (χ4v) is 2.46. The van der Waals surface area contributed by atoms with Crippen LogP contribution in [0.5, 0.6) is 0 Å². The molecule has 0 saturated heterocycles. The summed E-state index contributed by atoms with van der Waals surface area (Å²) in [6.07, 6.45) is 8.37. The largest absolute Gasteiger partial charge is 0.463 e. The molecule has 0 aliphatic rings. The molecule has 0 unspecified atom stereocenters. The number of ether oxygens (including phenoxy) is 3. The molecule has 0 spiro atoms. The minimum Gasteiger partial charge on any atom is -0.463 e. The first-order valence-corrected chi connectivity index (χ1v) is 10.2. The zero-order chi connectivity index (χ0) is 21.6. The van der Waals surface area contributed by atoms with Crippen LogP contribution in [0.25, 0.3) is 0 Å². The lowest BCUT2D eigenvalue weighted by molar-refractivity contribution is -0.137. The highest BCUT2D eigenvalue weighted by Gasteiger charge is 2.22. The topological polar surface area (TPSA) is 65.1 Å². The van der Waals surface area contributed by atoms with E-state index in [0.29, 0.717) is 31.9 Å². The van der Waals surface area contributed by atoms with Gasteiger partial charge in [-0.05, 0) is 68.9 Å². The maximum absolute atomic E-state index is 12.5. The van der Waals surface area contributed by atoms with Gasteiger partial charge < -0.3 is 19.1 Å². The Balaban J connectivity index is 4.78. The average molecular weight is 505 g/mol. The number of nitrogens with zero attached hydrogens (tertiary/aromatic N) is 1. The second kappa shape index (κ2) is 14.4. The van der Waals surface area contributed by atoms with Crippen LogP contribution in [-0.2, 0) is 19.0 Å². The van der Waals surface area contributed by atoms with Gasteiger partial charge in [-0.15, -0.1) is 0 Å². The zero-order valence-electron chi connectivity index (χ0n) is 17.5. The van der Waals surface area contributed by atoms with Crippen molar-refractivity contribution in [3.8, 4) is 0 Å². The lowest BCUT2D eigenvalue weighted by Crippen LogP contribution is -2.39. The molecule has 28 heavy (non-hydrogen) atoms. The lowest BCUT2D eigenvalue weighted by atomic mass is 10.2. The number of esters is 1. The molecule has 158 valence electrons. The molecule has 0 N–H and O–H groups in total. The number of halogens is 1. The molecule has 0 atom stereocenters. The van der Waals surface area contributed by atoms with Crippen LogP contribution < -0.4 is 0 Å². The Hall–Kier alpha value is -1.61. The van der Waals surface area contributed by atoms with Crippen LogP contribution in [0.1, 0.15) is 34.6 Å². The van der Waals surface area contributed by atoms with Crippen molar-refractivity contribution in [1.82, 2.24) is 4.90 Å². The van der Waals surface area contributed by atoms with Crippen LogP contribution in [0.15, 0.2) is 46.1 Å². The van der Waals surface area contributed by atoms with Crippen molar-refractivity contribution >= 4 is 34.7 Å². The Labute approximate surface area is 182 Å². The monoisotopic (exact) mass is 505 g/mol. The van der Waals surface area contributed by atoms with Gasteiger partial charge in [0.25, 0.3) is 0 Å². The second-order valence-corrected chi connectivity index (χ2v) is 8.15. The molecule has 0 fully saturated rings. The highest BCUT2D eigenvalue weighted by molar-refractivity contribution is 14.1. The maximum atomic E-state index is 12.5. The molecule has 0 rings (SSSR count). The molecule has 0 aliphatic carbocycles. The van der Waals surface area contributed by atoms with Gasteiger partial charge in [0.1, 0.15) is 5.60 Å². The summed E-state index contributed by atoms with van der Waals surface area (Å²) in [6, 6.07) is 0. The summed E-state index contributed by atoms with van der Waals surface area (Å²) in [5.41, 5.74) is 0.0969. The van der Waals surface area contributed by atoms with Gasteiger partial charge in [-0.3, -0.25) is 0 Å². The van der Waals surface area contributed by atoms with Crippen molar-refractivity contribution in [2.75, 3.05) is 32.9 Å². The van der Waals surface area contributed by atoms with E-state index in [4.69, 9.17) is 14.2 Å². The fraction of sp³-hybridized carbons (Fsp3) is 0.524. The first-order valence-electron chi connectivity index (χ1n) is 9.13. The van der Waals surface area contributed by atoms with Gasteiger partial charge in [0.15, 0.2) is 0 Å². The van der Waals surface area contributed by atoms with Crippen molar-refractivity contribution in [2.24, 2.45) is 0 Å². The highest BCUT2D eigenvalue weighted by Crippen LogP contribution is 2.11. The number of hydrogen-bond acceptors (Lipinski definition) is 5. The highest BCUT2D eigenvalue weighted by atomic mass is 127. The summed E-state index contributed by atoms with van der Waals surface area (Å²) in [6.45, 7) is 14.3.